The Balaban J connectivity index is 1.50. The molecule has 0 aliphatic heterocycles. The second-order valence-corrected chi connectivity index (χ2v) is 8.18. The van der Waals surface area contributed by atoms with Crippen molar-refractivity contribution in [2.45, 2.75) is 6.92 Å². The van der Waals surface area contributed by atoms with Gasteiger partial charge < -0.3 is 5.32 Å². The van der Waals surface area contributed by atoms with Gasteiger partial charge in [0.05, 0.1) is 28.3 Å². The molecular formula is C26H20N4OS. The standard InChI is InChI=1S/C26H20N4OS/c1-18-26(32-17-27-18)28-25(31)21-12-14-22(15-13-21)30-24(20-10-6-3-7-11-20)16-23(29-30)19-8-4-2-5-9-19/h2-17H,1H3,(H,28,31). The van der Waals surface area contributed by atoms with Crippen molar-refractivity contribution in [3.63, 3.8) is 0 Å². The van der Waals surface area contributed by atoms with Crippen LogP contribution in [0.15, 0.2) is 96.5 Å². The third kappa shape index (κ3) is 3.96. The Labute approximate surface area is 190 Å². The van der Waals surface area contributed by atoms with Gasteiger partial charge >= 0.3 is 0 Å². The van der Waals surface area contributed by atoms with Gasteiger partial charge in [-0.15, -0.1) is 11.3 Å². The fraction of sp³-hybridized carbons (Fsp3) is 0.0385. The highest BCUT2D eigenvalue weighted by Gasteiger charge is 2.14. The third-order valence-electron chi connectivity index (χ3n) is 5.20. The minimum Gasteiger partial charge on any atom is -0.312 e. The molecule has 0 saturated carbocycles. The summed E-state index contributed by atoms with van der Waals surface area (Å²) in [5, 5.41) is 8.58. The average Bonchev–Trinajstić information content (AvgIpc) is 3.47. The minimum atomic E-state index is -0.155. The Kier molecular flexibility index (Phi) is 5.35. The highest BCUT2D eigenvalue weighted by Crippen LogP contribution is 2.29. The highest BCUT2D eigenvalue weighted by atomic mass is 32.1. The Bertz CT molecular complexity index is 1360. The maximum Gasteiger partial charge on any atom is 0.256 e. The van der Waals surface area contributed by atoms with E-state index in [4.69, 9.17) is 5.10 Å². The summed E-state index contributed by atoms with van der Waals surface area (Å²) in [6.45, 7) is 1.88. The lowest BCUT2D eigenvalue weighted by molar-refractivity contribution is 0.102. The van der Waals surface area contributed by atoms with Crippen LogP contribution in [-0.2, 0) is 0 Å². The number of anilines is 1. The largest absolute Gasteiger partial charge is 0.312 e. The van der Waals surface area contributed by atoms with Crippen molar-refractivity contribution in [2.24, 2.45) is 0 Å². The van der Waals surface area contributed by atoms with Crippen molar-refractivity contribution >= 4 is 22.2 Å². The van der Waals surface area contributed by atoms with Crippen molar-refractivity contribution in [2.75, 3.05) is 5.32 Å². The minimum absolute atomic E-state index is 0.155. The molecule has 5 nitrogen and oxygen atoms in total. The number of thiazole rings is 1. The molecule has 32 heavy (non-hydrogen) atoms. The lowest BCUT2D eigenvalue weighted by atomic mass is 10.1. The van der Waals surface area contributed by atoms with Crippen molar-refractivity contribution < 1.29 is 4.79 Å². The van der Waals surface area contributed by atoms with E-state index in [0.29, 0.717) is 5.56 Å². The van der Waals surface area contributed by atoms with Gasteiger partial charge in [-0.05, 0) is 37.3 Å². The summed E-state index contributed by atoms with van der Waals surface area (Å²) in [6, 6.07) is 29.9. The summed E-state index contributed by atoms with van der Waals surface area (Å²) >= 11 is 1.42. The number of nitrogens with one attached hydrogen (secondary N) is 1. The van der Waals surface area contributed by atoms with Crippen LogP contribution >= 0.6 is 11.3 Å². The van der Waals surface area contributed by atoms with Crippen LogP contribution in [-0.4, -0.2) is 20.7 Å². The smallest absolute Gasteiger partial charge is 0.256 e. The topological polar surface area (TPSA) is 59.8 Å². The summed E-state index contributed by atoms with van der Waals surface area (Å²) in [5.41, 5.74) is 8.02. The molecule has 6 heteroatoms. The van der Waals surface area contributed by atoms with E-state index < -0.39 is 0 Å². The molecule has 156 valence electrons. The predicted octanol–water partition coefficient (Wildman–Crippen LogP) is 6.22. The van der Waals surface area contributed by atoms with Crippen LogP contribution in [0, 0.1) is 6.92 Å². The van der Waals surface area contributed by atoms with Crippen LogP contribution in [0.5, 0.6) is 0 Å². The van der Waals surface area contributed by atoms with E-state index in [0.717, 1.165) is 38.9 Å². The van der Waals surface area contributed by atoms with Gasteiger partial charge in [0.25, 0.3) is 5.91 Å². The van der Waals surface area contributed by atoms with Gasteiger partial charge in [-0.3, -0.25) is 4.79 Å². The molecule has 0 atom stereocenters. The van der Waals surface area contributed by atoms with E-state index in [1.807, 2.05) is 72.3 Å². The predicted molar refractivity (Wildman–Crippen MR) is 129 cm³/mol. The van der Waals surface area contributed by atoms with Crippen LogP contribution in [0.3, 0.4) is 0 Å². The fourth-order valence-electron chi connectivity index (χ4n) is 3.49. The van der Waals surface area contributed by atoms with E-state index in [1.54, 1.807) is 5.51 Å². The second kappa shape index (κ2) is 8.61. The number of hydrogen-bond acceptors (Lipinski definition) is 4. The monoisotopic (exact) mass is 436 g/mol. The fourth-order valence-corrected chi connectivity index (χ4v) is 4.18. The van der Waals surface area contributed by atoms with Gasteiger partial charge in [0.15, 0.2) is 0 Å². The van der Waals surface area contributed by atoms with Crippen LogP contribution < -0.4 is 5.32 Å². The Morgan fingerprint density at radius 3 is 2.16 bits per heavy atom. The Hall–Kier alpha value is -4.03. The van der Waals surface area contributed by atoms with Gasteiger partial charge in [-0.25, -0.2) is 9.67 Å². The first-order valence-electron chi connectivity index (χ1n) is 10.2. The molecule has 0 aliphatic carbocycles. The van der Waals surface area contributed by atoms with Crippen LogP contribution in [0.25, 0.3) is 28.2 Å². The number of carbonyl (C=O) groups is 1. The van der Waals surface area contributed by atoms with Gasteiger partial charge in [0, 0.05) is 16.7 Å². The van der Waals surface area contributed by atoms with Crippen molar-refractivity contribution in [1.29, 1.82) is 0 Å². The van der Waals surface area contributed by atoms with Crippen molar-refractivity contribution in [3.05, 3.63) is 108 Å². The first-order chi connectivity index (χ1) is 15.7. The van der Waals surface area contributed by atoms with Crippen LogP contribution in [0.1, 0.15) is 16.1 Å². The maximum atomic E-state index is 12.6. The molecule has 5 aromatic rings. The molecule has 1 amide bonds. The summed E-state index contributed by atoms with van der Waals surface area (Å²) in [7, 11) is 0. The number of aryl methyl sites for hydroxylation is 1. The number of carbonyl (C=O) groups excluding carboxylic acids is 1. The second-order valence-electron chi connectivity index (χ2n) is 7.33. The molecule has 0 spiro atoms. The zero-order chi connectivity index (χ0) is 21.9. The van der Waals surface area contributed by atoms with E-state index in [9.17, 15) is 4.79 Å². The first kappa shape index (κ1) is 19.9. The molecule has 5 rings (SSSR count). The van der Waals surface area contributed by atoms with Crippen molar-refractivity contribution in [1.82, 2.24) is 14.8 Å². The average molecular weight is 437 g/mol. The SMILES string of the molecule is Cc1ncsc1NC(=O)c1ccc(-n2nc(-c3ccccc3)cc2-c2ccccc2)cc1. The molecule has 0 bridgehead atoms. The van der Waals surface area contributed by atoms with Gasteiger partial charge in [0.2, 0.25) is 0 Å². The van der Waals surface area contributed by atoms with Gasteiger partial charge in [-0.2, -0.15) is 5.10 Å². The molecule has 2 aromatic heterocycles. The highest BCUT2D eigenvalue weighted by molar-refractivity contribution is 7.14. The van der Waals surface area contributed by atoms with Crippen LogP contribution in [0.4, 0.5) is 5.00 Å². The third-order valence-corrected chi connectivity index (χ3v) is 6.04. The zero-order valence-corrected chi connectivity index (χ0v) is 18.2. The normalized spacial score (nSPS) is 10.8. The number of hydrogen-bond donors (Lipinski definition) is 1. The lowest BCUT2D eigenvalue weighted by Crippen LogP contribution is -2.12. The summed E-state index contributed by atoms with van der Waals surface area (Å²) in [5.74, 6) is -0.155. The Morgan fingerprint density at radius 2 is 1.53 bits per heavy atom. The molecule has 3 aromatic carbocycles. The zero-order valence-electron chi connectivity index (χ0n) is 17.4. The summed E-state index contributed by atoms with van der Waals surface area (Å²) in [4.78, 5) is 16.8. The first-order valence-corrected chi connectivity index (χ1v) is 11.1. The maximum absolute atomic E-state index is 12.6. The number of benzene rings is 3. The van der Waals surface area contributed by atoms with E-state index in [-0.39, 0.29) is 5.91 Å². The quantitative estimate of drug-likeness (QED) is 0.356. The molecule has 2 heterocycles. The van der Waals surface area contributed by atoms with Crippen molar-refractivity contribution in [3.8, 4) is 28.2 Å². The van der Waals surface area contributed by atoms with E-state index in [1.165, 1.54) is 11.3 Å². The van der Waals surface area contributed by atoms with Gasteiger partial charge in [0.1, 0.15) is 5.00 Å². The molecular weight excluding hydrogens is 416 g/mol. The molecule has 0 unspecified atom stereocenters. The molecule has 0 saturated heterocycles. The number of aromatic nitrogens is 3. The molecule has 1 N–H and O–H groups in total. The van der Waals surface area contributed by atoms with Crippen LogP contribution in [0.2, 0.25) is 0 Å². The molecule has 0 fully saturated rings. The Morgan fingerprint density at radius 1 is 0.875 bits per heavy atom. The number of amides is 1. The van der Waals surface area contributed by atoms with E-state index >= 15 is 0 Å². The molecule has 0 aliphatic rings. The lowest BCUT2D eigenvalue weighted by Gasteiger charge is -2.09. The molecule has 0 radical (unpaired) electrons. The van der Waals surface area contributed by atoms with E-state index in [2.05, 4.69) is 40.6 Å². The number of rotatable bonds is 5. The number of nitrogens with zero attached hydrogens (tertiary/aromatic N) is 3. The van der Waals surface area contributed by atoms with Gasteiger partial charge in [-0.1, -0.05) is 60.7 Å². The summed E-state index contributed by atoms with van der Waals surface area (Å²) in [6.07, 6.45) is 0. The summed E-state index contributed by atoms with van der Waals surface area (Å²) < 4.78 is 1.92.